The molecule has 8 nitrogen and oxygen atoms in total. The molecule has 0 spiro atoms. The van der Waals surface area contributed by atoms with Crippen molar-refractivity contribution in [3.63, 3.8) is 0 Å². The number of morpholine rings is 1. The van der Waals surface area contributed by atoms with E-state index in [1.165, 1.54) is 12.1 Å². The molecule has 1 fully saturated rings. The maximum Gasteiger partial charge on any atom is 0.412 e. The van der Waals surface area contributed by atoms with Crippen molar-refractivity contribution in [2.45, 2.75) is 56.9 Å². The van der Waals surface area contributed by atoms with Crippen LogP contribution in [0.3, 0.4) is 0 Å². The van der Waals surface area contributed by atoms with E-state index in [0.29, 0.717) is 47.4 Å². The number of nitrogens with one attached hydrogen (secondary N) is 1. The minimum atomic E-state index is -1.85. The topological polar surface area (TPSA) is 93.7 Å². The van der Waals surface area contributed by atoms with Gasteiger partial charge in [-0.3, -0.25) is 5.32 Å². The molecule has 3 aromatic rings. The second-order valence-electron chi connectivity index (χ2n) is 10.3. The van der Waals surface area contributed by atoms with Crippen LogP contribution < -0.4 is 10.2 Å². The van der Waals surface area contributed by atoms with Crippen LogP contribution in [-0.4, -0.2) is 47.5 Å². The number of hydrogen-bond donors (Lipinski definition) is 1. The average Bonchev–Trinajstić information content (AvgIpc) is 2.83. The highest BCUT2D eigenvalue weighted by molar-refractivity contribution is 7.84. The summed E-state index contributed by atoms with van der Waals surface area (Å²) in [5.41, 5.74) is 2.01. The summed E-state index contributed by atoms with van der Waals surface area (Å²) in [6, 6.07) is 13.4. The van der Waals surface area contributed by atoms with Crippen LogP contribution in [0.5, 0.6) is 0 Å². The quantitative estimate of drug-likeness (QED) is 0.329. The number of hydrogen-bond acceptors (Lipinski definition) is 7. The van der Waals surface area contributed by atoms with Gasteiger partial charge >= 0.3 is 6.09 Å². The van der Waals surface area contributed by atoms with E-state index >= 15 is 0 Å². The van der Waals surface area contributed by atoms with Gasteiger partial charge in [-0.15, -0.1) is 4.21 Å². The third-order valence-electron chi connectivity index (χ3n) is 5.95. The standard InChI is InChI=1S/C28H33FN4O4S/c1-18-14-21(29)8-11-24(18)38(35)17-23-15-25(33-12-13-36-16-19(33)2)32-26(30-23)20-6-9-22(10-7-20)31-27(34)37-28(3,4)5/h6-11,14-15,19H,12-13,16-17H2,1-5H3,(H,31,34)/p+1/t19-,38?/m0/s1. The van der Waals surface area contributed by atoms with E-state index in [9.17, 15) is 13.4 Å². The summed E-state index contributed by atoms with van der Waals surface area (Å²) < 4.78 is 37.8. The van der Waals surface area contributed by atoms with Crippen molar-refractivity contribution >= 4 is 28.4 Å². The minimum Gasteiger partial charge on any atom is -0.444 e. The van der Waals surface area contributed by atoms with Crippen LogP contribution >= 0.6 is 0 Å². The average molecular weight is 542 g/mol. The number of anilines is 2. The van der Waals surface area contributed by atoms with Gasteiger partial charge < -0.3 is 14.4 Å². The Hall–Kier alpha value is -3.37. The zero-order valence-corrected chi connectivity index (χ0v) is 23.2. The van der Waals surface area contributed by atoms with Gasteiger partial charge in [0.2, 0.25) is 0 Å². The van der Waals surface area contributed by atoms with Gasteiger partial charge in [-0.1, -0.05) is 0 Å². The minimum absolute atomic E-state index is 0.118. The number of rotatable bonds is 6. The van der Waals surface area contributed by atoms with Crippen molar-refractivity contribution in [3.8, 4) is 11.4 Å². The van der Waals surface area contributed by atoms with Crippen molar-refractivity contribution in [3.05, 3.63) is 65.6 Å². The van der Waals surface area contributed by atoms with Crippen molar-refractivity contribution in [1.29, 1.82) is 0 Å². The van der Waals surface area contributed by atoms with Crippen molar-refractivity contribution in [1.82, 2.24) is 9.97 Å². The summed E-state index contributed by atoms with van der Waals surface area (Å²) in [4.78, 5) is 24.5. The smallest absolute Gasteiger partial charge is 0.412 e. The maximum atomic E-state index is 13.6. The zero-order chi connectivity index (χ0) is 27.4. The molecule has 0 radical (unpaired) electrons. The zero-order valence-electron chi connectivity index (χ0n) is 22.3. The van der Waals surface area contributed by atoms with Crippen LogP contribution in [0.2, 0.25) is 0 Å². The van der Waals surface area contributed by atoms with Crippen molar-refractivity contribution in [2.24, 2.45) is 0 Å². The molecule has 202 valence electrons. The van der Waals surface area contributed by atoms with E-state index in [4.69, 9.17) is 19.4 Å². The molecular weight excluding hydrogens is 507 g/mol. The van der Waals surface area contributed by atoms with E-state index in [-0.39, 0.29) is 17.6 Å². The van der Waals surface area contributed by atoms with Crippen molar-refractivity contribution < 1.29 is 22.9 Å². The molecule has 1 aromatic heterocycles. The van der Waals surface area contributed by atoms with Crippen LogP contribution in [0, 0.1) is 12.7 Å². The van der Waals surface area contributed by atoms with Gasteiger partial charge in [0, 0.05) is 29.4 Å². The Kier molecular flexibility index (Phi) is 8.42. The lowest BCUT2D eigenvalue weighted by atomic mass is 10.2. The predicted molar refractivity (Wildman–Crippen MR) is 148 cm³/mol. The molecule has 4 rings (SSSR count). The molecule has 2 aromatic carbocycles. The normalized spacial score (nSPS) is 16.7. The summed E-state index contributed by atoms with van der Waals surface area (Å²) in [7, 11) is -1.85. The number of aryl methyl sites for hydroxylation is 1. The predicted octanol–water partition coefficient (Wildman–Crippen LogP) is 5.42. The number of ether oxygens (including phenoxy) is 2. The molecule has 0 bridgehead atoms. The molecule has 10 heteroatoms. The van der Waals surface area contributed by atoms with E-state index in [1.54, 1.807) is 45.9 Å². The first-order chi connectivity index (χ1) is 18.0. The van der Waals surface area contributed by atoms with Crippen LogP contribution in [0.15, 0.2) is 53.4 Å². The van der Waals surface area contributed by atoms with Gasteiger partial charge in [0.05, 0.1) is 24.9 Å². The number of aromatic nitrogens is 2. The monoisotopic (exact) mass is 541 g/mol. The molecular formula is C28H34FN4O4S+. The third-order valence-corrected chi connectivity index (χ3v) is 7.60. The molecule has 1 saturated heterocycles. The largest absolute Gasteiger partial charge is 0.444 e. The Balaban J connectivity index is 1.63. The first-order valence-corrected chi connectivity index (χ1v) is 14.0. The summed E-state index contributed by atoms with van der Waals surface area (Å²) in [6.45, 7) is 11.1. The molecule has 1 unspecified atom stereocenters. The van der Waals surface area contributed by atoms with Gasteiger partial charge in [0.25, 0.3) is 0 Å². The highest BCUT2D eigenvalue weighted by Gasteiger charge is 2.24. The highest BCUT2D eigenvalue weighted by Crippen LogP contribution is 2.26. The van der Waals surface area contributed by atoms with E-state index < -0.39 is 22.5 Å². The number of amides is 1. The van der Waals surface area contributed by atoms with Gasteiger partial charge in [-0.2, -0.15) is 0 Å². The van der Waals surface area contributed by atoms with E-state index in [1.807, 2.05) is 18.2 Å². The number of nitrogens with zero attached hydrogens (tertiary/aromatic N) is 3. The van der Waals surface area contributed by atoms with Gasteiger partial charge in [-0.25, -0.2) is 19.2 Å². The molecule has 1 aliphatic rings. The summed E-state index contributed by atoms with van der Waals surface area (Å²) in [6.07, 6.45) is -0.535. The Bertz CT molecular complexity index is 1330. The number of carbonyl (C=O) groups excluding carboxylic acids is 1. The fourth-order valence-electron chi connectivity index (χ4n) is 4.16. The highest BCUT2D eigenvalue weighted by atomic mass is 32.2. The van der Waals surface area contributed by atoms with E-state index in [2.05, 4.69) is 17.1 Å². The maximum absolute atomic E-state index is 13.6. The molecule has 1 N–H and O–H groups in total. The first kappa shape index (κ1) is 27.7. The number of benzene rings is 2. The lowest BCUT2D eigenvalue weighted by molar-refractivity contribution is 0.0636. The first-order valence-electron chi connectivity index (χ1n) is 12.5. The van der Waals surface area contributed by atoms with Gasteiger partial charge in [0.15, 0.2) is 16.5 Å². The second kappa shape index (κ2) is 11.6. The summed E-state index contributed by atoms with van der Waals surface area (Å²) in [5, 5.41) is 2.72. The second-order valence-corrected chi connectivity index (χ2v) is 11.9. The fourth-order valence-corrected chi connectivity index (χ4v) is 5.49. The Morgan fingerprint density at radius 1 is 1.18 bits per heavy atom. The van der Waals surface area contributed by atoms with Crippen molar-refractivity contribution in [2.75, 3.05) is 30.0 Å². The fraction of sp³-hybridized carbons (Fsp3) is 0.393. The van der Waals surface area contributed by atoms with Gasteiger partial charge in [-0.05, 0) is 77.1 Å². The Morgan fingerprint density at radius 3 is 2.58 bits per heavy atom. The summed E-state index contributed by atoms with van der Waals surface area (Å²) >= 11 is 0. The van der Waals surface area contributed by atoms with Crippen LogP contribution in [0.1, 0.15) is 39.0 Å². The lowest BCUT2D eigenvalue weighted by Crippen LogP contribution is -2.44. The molecule has 1 amide bonds. The van der Waals surface area contributed by atoms with Crippen LogP contribution in [-0.2, 0) is 30.2 Å². The van der Waals surface area contributed by atoms with Gasteiger partial charge in [0.1, 0.15) is 28.0 Å². The molecule has 38 heavy (non-hydrogen) atoms. The molecule has 0 saturated carbocycles. The summed E-state index contributed by atoms with van der Waals surface area (Å²) in [5.74, 6) is 1.06. The molecule has 2 atom stereocenters. The molecule has 1 aliphatic heterocycles. The number of thiol groups is 1. The molecule has 0 aliphatic carbocycles. The van der Waals surface area contributed by atoms with Crippen LogP contribution in [0.25, 0.3) is 11.4 Å². The Labute approximate surface area is 225 Å². The molecule has 2 heterocycles. The number of halogens is 1. The number of carbonyl (C=O) groups is 1. The SMILES string of the molecule is Cc1cc(F)ccc1[SH+](=O)Cc1cc(N2CCOC[C@@H]2C)nc(-c2ccc(NC(=O)OC(C)(C)C)cc2)n1. The lowest BCUT2D eigenvalue weighted by Gasteiger charge is -2.34. The third kappa shape index (κ3) is 7.14. The van der Waals surface area contributed by atoms with Crippen LogP contribution in [0.4, 0.5) is 20.7 Å². The van der Waals surface area contributed by atoms with E-state index in [0.717, 1.165) is 11.4 Å². The Morgan fingerprint density at radius 2 is 1.92 bits per heavy atom.